The number of nitrogens with one attached hydrogen (secondary N) is 2. The molecule has 2 heterocycles. The van der Waals surface area contributed by atoms with Gasteiger partial charge in [0.1, 0.15) is 0 Å². The Morgan fingerprint density at radius 1 is 1.36 bits per heavy atom. The summed E-state index contributed by atoms with van der Waals surface area (Å²) in [5.41, 5.74) is 0. The van der Waals surface area contributed by atoms with E-state index in [4.69, 9.17) is 4.74 Å². The highest BCUT2D eigenvalue weighted by Crippen LogP contribution is 2.17. The molecule has 0 aliphatic carbocycles. The van der Waals surface area contributed by atoms with Gasteiger partial charge in [-0.2, -0.15) is 0 Å². The number of nitrogens with zero attached hydrogens (tertiary/aromatic N) is 1. The Balaban J connectivity index is 0.00000220. The molecule has 0 radical (unpaired) electrons. The summed E-state index contributed by atoms with van der Waals surface area (Å²) in [6.07, 6.45) is 3.08. The molecule has 2 rings (SSSR count). The fraction of sp³-hybridized carbons (Fsp3) is 0.933. The van der Waals surface area contributed by atoms with Crippen LogP contribution in [0.2, 0.25) is 0 Å². The van der Waals surface area contributed by atoms with Gasteiger partial charge in [0, 0.05) is 31.6 Å². The van der Waals surface area contributed by atoms with E-state index in [0.29, 0.717) is 19.1 Å². The number of carbonyl (C=O) groups excluding carboxylic acids is 1. The number of carbonyl (C=O) groups is 1. The van der Waals surface area contributed by atoms with Crippen LogP contribution < -0.4 is 10.6 Å². The van der Waals surface area contributed by atoms with Crippen molar-refractivity contribution in [3.63, 3.8) is 0 Å². The molecule has 2 fully saturated rings. The van der Waals surface area contributed by atoms with Crippen molar-refractivity contribution in [2.24, 2.45) is 5.92 Å². The Morgan fingerprint density at radius 2 is 2.05 bits per heavy atom. The first-order chi connectivity index (χ1) is 9.65. The standard InChI is InChI=1S/C15H29N3O2.2ClH/c1-12-3-6-18(7-4-12)13(2)10-17-15(19)9-14-11-20-8-5-16-14;;/h12-14,16H,3-11H2,1-2H3,(H,17,19);2*1H. The van der Waals surface area contributed by atoms with Crippen molar-refractivity contribution in [1.82, 2.24) is 15.5 Å². The van der Waals surface area contributed by atoms with Crippen molar-refractivity contribution in [3.8, 4) is 0 Å². The van der Waals surface area contributed by atoms with Gasteiger partial charge in [0.25, 0.3) is 0 Å². The molecular weight excluding hydrogens is 325 g/mol. The molecule has 0 aromatic rings. The zero-order valence-corrected chi connectivity index (χ0v) is 15.3. The first-order valence-corrected chi connectivity index (χ1v) is 7.97. The Kier molecular flexibility index (Phi) is 11.4. The van der Waals surface area contributed by atoms with Crippen molar-refractivity contribution in [2.75, 3.05) is 39.4 Å². The van der Waals surface area contributed by atoms with E-state index in [1.165, 1.54) is 12.8 Å². The molecule has 2 atom stereocenters. The lowest BCUT2D eigenvalue weighted by molar-refractivity contribution is -0.122. The van der Waals surface area contributed by atoms with E-state index in [0.717, 1.165) is 38.7 Å². The molecule has 0 saturated carbocycles. The average molecular weight is 356 g/mol. The number of halogens is 2. The minimum atomic E-state index is 0. The highest BCUT2D eigenvalue weighted by Gasteiger charge is 2.21. The molecule has 0 spiro atoms. The van der Waals surface area contributed by atoms with Crippen LogP contribution in [0.25, 0.3) is 0 Å². The van der Waals surface area contributed by atoms with Gasteiger partial charge in [-0.3, -0.25) is 9.69 Å². The lowest BCUT2D eigenvalue weighted by atomic mass is 9.98. The number of ether oxygens (including phenoxy) is 1. The normalized spacial score (nSPS) is 24.7. The van der Waals surface area contributed by atoms with Crippen molar-refractivity contribution >= 4 is 30.7 Å². The third-order valence-electron chi connectivity index (χ3n) is 4.47. The molecule has 0 aromatic carbocycles. The number of piperidine rings is 1. The van der Waals surface area contributed by atoms with Crippen LogP contribution in [0.1, 0.15) is 33.1 Å². The van der Waals surface area contributed by atoms with E-state index in [2.05, 4.69) is 29.4 Å². The Labute approximate surface area is 146 Å². The highest BCUT2D eigenvalue weighted by molar-refractivity contribution is 5.85. The van der Waals surface area contributed by atoms with Gasteiger partial charge in [-0.25, -0.2) is 0 Å². The summed E-state index contributed by atoms with van der Waals surface area (Å²) in [6.45, 7) is 9.85. The van der Waals surface area contributed by atoms with Gasteiger partial charge in [-0.1, -0.05) is 6.92 Å². The minimum Gasteiger partial charge on any atom is -0.378 e. The molecular formula is C15H31Cl2N3O2. The topological polar surface area (TPSA) is 53.6 Å². The molecule has 1 amide bonds. The fourth-order valence-corrected chi connectivity index (χ4v) is 2.91. The largest absolute Gasteiger partial charge is 0.378 e. The monoisotopic (exact) mass is 355 g/mol. The molecule has 2 N–H and O–H groups in total. The molecule has 132 valence electrons. The van der Waals surface area contributed by atoms with Crippen molar-refractivity contribution < 1.29 is 9.53 Å². The third-order valence-corrected chi connectivity index (χ3v) is 4.47. The molecule has 7 heteroatoms. The number of amides is 1. The first-order valence-electron chi connectivity index (χ1n) is 7.97. The Morgan fingerprint density at radius 3 is 2.64 bits per heavy atom. The average Bonchev–Trinajstić information content (AvgIpc) is 2.46. The number of hydrogen-bond acceptors (Lipinski definition) is 4. The molecule has 2 saturated heterocycles. The van der Waals surface area contributed by atoms with E-state index < -0.39 is 0 Å². The number of rotatable bonds is 5. The van der Waals surface area contributed by atoms with Crippen LogP contribution in [0.3, 0.4) is 0 Å². The van der Waals surface area contributed by atoms with Crippen LogP contribution in [-0.2, 0) is 9.53 Å². The van der Waals surface area contributed by atoms with Gasteiger partial charge in [-0.05, 0) is 38.8 Å². The maximum absolute atomic E-state index is 11.9. The zero-order valence-electron chi connectivity index (χ0n) is 13.7. The van der Waals surface area contributed by atoms with Crippen LogP contribution in [-0.4, -0.2) is 62.3 Å². The minimum absolute atomic E-state index is 0. The van der Waals surface area contributed by atoms with Crippen LogP contribution in [0.15, 0.2) is 0 Å². The SMILES string of the molecule is CC1CCN(C(C)CNC(=O)CC2COCCN2)CC1.Cl.Cl. The van der Waals surface area contributed by atoms with Gasteiger partial charge in [0.2, 0.25) is 5.91 Å². The predicted octanol–water partition coefficient (Wildman–Crippen LogP) is 1.45. The third kappa shape index (κ3) is 7.47. The van der Waals surface area contributed by atoms with Crippen LogP contribution >= 0.6 is 24.8 Å². The van der Waals surface area contributed by atoms with E-state index in [9.17, 15) is 4.79 Å². The summed E-state index contributed by atoms with van der Waals surface area (Å²) >= 11 is 0. The lowest BCUT2D eigenvalue weighted by Crippen LogP contribution is -2.48. The molecule has 0 aromatic heterocycles. The Hall–Kier alpha value is -0.0700. The lowest BCUT2D eigenvalue weighted by Gasteiger charge is -2.35. The molecule has 22 heavy (non-hydrogen) atoms. The van der Waals surface area contributed by atoms with Gasteiger partial charge >= 0.3 is 0 Å². The first kappa shape index (κ1) is 21.9. The van der Waals surface area contributed by atoms with Crippen molar-refractivity contribution in [3.05, 3.63) is 0 Å². The zero-order chi connectivity index (χ0) is 14.4. The predicted molar refractivity (Wildman–Crippen MR) is 94.2 cm³/mol. The smallest absolute Gasteiger partial charge is 0.221 e. The fourth-order valence-electron chi connectivity index (χ4n) is 2.91. The number of likely N-dealkylation sites (tertiary alicyclic amines) is 1. The van der Waals surface area contributed by atoms with Crippen LogP contribution in [0.5, 0.6) is 0 Å². The molecule has 2 aliphatic rings. The van der Waals surface area contributed by atoms with E-state index in [1.54, 1.807) is 0 Å². The van der Waals surface area contributed by atoms with Crippen LogP contribution in [0.4, 0.5) is 0 Å². The van der Waals surface area contributed by atoms with Gasteiger partial charge in [0.05, 0.1) is 13.2 Å². The Bertz CT molecular complexity index is 307. The molecule has 2 aliphatic heterocycles. The summed E-state index contributed by atoms with van der Waals surface area (Å²) in [5.74, 6) is 0.982. The maximum atomic E-state index is 11.9. The van der Waals surface area contributed by atoms with Crippen LogP contribution in [0, 0.1) is 5.92 Å². The van der Waals surface area contributed by atoms with Crippen molar-refractivity contribution in [2.45, 2.75) is 45.2 Å². The summed E-state index contributed by atoms with van der Waals surface area (Å²) in [4.78, 5) is 14.4. The number of hydrogen-bond donors (Lipinski definition) is 2. The second-order valence-electron chi connectivity index (χ2n) is 6.30. The van der Waals surface area contributed by atoms with E-state index in [1.807, 2.05) is 0 Å². The van der Waals surface area contributed by atoms with E-state index >= 15 is 0 Å². The second-order valence-corrected chi connectivity index (χ2v) is 6.30. The highest BCUT2D eigenvalue weighted by atomic mass is 35.5. The second kappa shape index (κ2) is 11.5. The van der Waals surface area contributed by atoms with Gasteiger partial charge < -0.3 is 15.4 Å². The van der Waals surface area contributed by atoms with Crippen molar-refractivity contribution in [1.29, 1.82) is 0 Å². The number of morpholine rings is 1. The summed E-state index contributed by atoms with van der Waals surface area (Å²) in [7, 11) is 0. The summed E-state index contributed by atoms with van der Waals surface area (Å²) in [6, 6.07) is 0.608. The van der Waals surface area contributed by atoms with Gasteiger partial charge in [0.15, 0.2) is 0 Å². The summed E-state index contributed by atoms with van der Waals surface area (Å²) in [5, 5.41) is 6.37. The van der Waals surface area contributed by atoms with E-state index in [-0.39, 0.29) is 36.8 Å². The molecule has 5 nitrogen and oxygen atoms in total. The molecule has 0 bridgehead atoms. The molecule has 2 unspecified atom stereocenters. The quantitative estimate of drug-likeness (QED) is 0.783. The summed E-state index contributed by atoms with van der Waals surface area (Å²) < 4.78 is 5.36. The maximum Gasteiger partial charge on any atom is 0.221 e. The van der Waals surface area contributed by atoms with Gasteiger partial charge in [-0.15, -0.1) is 24.8 Å².